The topological polar surface area (TPSA) is 79.0 Å². The second kappa shape index (κ2) is 6.03. The molecule has 5 rings (SSSR count). The number of hydrogen-bond acceptors (Lipinski definition) is 6. The van der Waals surface area contributed by atoms with E-state index < -0.39 is 0 Å². The van der Waals surface area contributed by atoms with Gasteiger partial charge in [-0.25, -0.2) is 9.97 Å². The van der Waals surface area contributed by atoms with Crippen LogP contribution in [0.3, 0.4) is 0 Å². The number of pyridine rings is 2. The number of ether oxygens (including phenoxy) is 1. The Labute approximate surface area is 149 Å². The number of nitrogens with one attached hydrogen (secondary N) is 2. The van der Waals surface area contributed by atoms with E-state index in [9.17, 15) is 0 Å². The number of anilines is 4. The molecule has 0 saturated heterocycles. The van der Waals surface area contributed by atoms with E-state index in [1.54, 1.807) is 12.4 Å². The third-order valence-electron chi connectivity index (χ3n) is 4.35. The molecule has 7 nitrogen and oxygen atoms in total. The van der Waals surface area contributed by atoms with Crippen molar-refractivity contribution in [1.29, 1.82) is 0 Å². The summed E-state index contributed by atoms with van der Waals surface area (Å²) in [6, 6.07) is 15.8. The highest BCUT2D eigenvalue weighted by atomic mass is 16.5. The first-order valence-electron chi connectivity index (χ1n) is 8.40. The monoisotopic (exact) mass is 344 g/mol. The third kappa shape index (κ3) is 2.50. The summed E-state index contributed by atoms with van der Waals surface area (Å²) in [6.45, 7) is 1.39. The van der Waals surface area contributed by atoms with Gasteiger partial charge in [-0.1, -0.05) is 6.07 Å². The predicted octanol–water partition coefficient (Wildman–Crippen LogP) is 3.63. The quantitative estimate of drug-likeness (QED) is 0.591. The second-order valence-corrected chi connectivity index (χ2v) is 5.97. The van der Waals surface area contributed by atoms with Crippen LogP contribution in [0.25, 0.3) is 11.0 Å². The Bertz CT molecular complexity index is 1060. The average Bonchev–Trinajstić information content (AvgIpc) is 3.11. The Balaban J connectivity index is 1.48. The summed E-state index contributed by atoms with van der Waals surface area (Å²) in [5.41, 5.74) is 2.61. The molecule has 0 fully saturated rings. The van der Waals surface area contributed by atoms with Crippen LogP contribution in [-0.2, 0) is 0 Å². The molecule has 1 aliphatic heterocycles. The van der Waals surface area contributed by atoms with Gasteiger partial charge in [0.2, 0.25) is 0 Å². The molecule has 7 heteroatoms. The number of H-pyrrole nitrogens is 1. The smallest absolute Gasteiger partial charge is 0.183 e. The largest absolute Gasteiger partial charge is 0.489 e. The maximum Gasteiger partial charge on any atom is 0.183 e. The van der Waals surface area contributed by atoms with Crippen LogP contribution in [0.2, 0.25) is 0 Å². The minimum absolute atomic E-state index is 0.615. The van der Waals surface area contributed by atoms with E-state index >= 15 is 0 Å². The van der Waals surface area contributed by atoms with Crippen molar-refractivity contribution < 1.29 is 4.74 Å². The number of benzene rings is 1. The van der Waals surface area contributed by atoms with Crippen LogP contribution in [0.5, 0.6) is 5.75 Å². The van der Waals surface area contributed by atoms with E-state index in [1.807, 2.05) is 48.5 Å². The van der Waals surface area contributed by atoms with E-state index in [-0.39, 0.29) is 0 Å². The molecule has 1 aliphatic rings. The van der Waals surface area contributed by atoms with E-state index in [1.165, 1.54) is 0 Å². The SMILES string of the molecule is c1ccc(N2CCOc3cc(Nc4[nH]nc5ncccc45)ccc32)nc1. The zero-order valence-electron chi connectivity index (χ0n) is 13.9. The zero-order chi connectivity index (χ0) is 17.3. The fourth-order valence-corrected chi connectivity index (χ4v) is 3.14. The van der Waals surface area contributed by atoms with Gasteiger partial charge < -0.3 is 15.0 Å². The van der Waals surface area contributed by atoms with Crippen molar-refractivity contribution >= 4 is 34.0 Å². The lowest BCUT2D eigenvalue weighted by Gasteiger charge is -2.30. The Hall–Kier alpha value is -3.61. The first-order chi connectivity index (χ1) is 12.9. The van der Waals surface area contributed by atoms with Crippen LogP contribution in [0.4, 0.5) is 23.0 Å². The van der Waals surface area contributed by atoms with E-state index in [4.69, 9.17) is 4.74 Å². The van der Waals surface area contributed by atoms with Crippen molar-refractivity contribution in [1.82, 2.24) is 20.2 Å². The van der Waals surface area contributed by atoms with Crippen LogP contribution in [0.15, 0.2) is 60.9 Å². The summed E-state index contributed by atoms with van der Waals surface area (Å²) < 4.78 is 5.87. The van der Waals surface area contributed by atoms with Crippen molar-refractivity contribution in [2.24, 2.45) is 0 Å². The molecule has 1 aromatic carbocycles. The van der Waals surface area contributed by atoms with Crippen LogP contribution in [0.1, 0.15) is 0 Å². The molecule has 0 aliphatic carbocycles. The molecular formula is C19H16N6O. The van der Waals surface area contributed by atoms with Crippen molar-refractivity contribution in [2.75, 3.05) is 23.4 Å². The van der Waals surface area contributed by atoms with Crippen LogP contribution in [-0.4, -0.2) is 33.3 Å². The van der Waals surface area contributed by atoms with Crippen molar-refractivity contribution in [3.05, 3.63) is 60.9 Å². The molecule has 0 bridgehead atoms. The Morgan fingerprint density at radius 2 is 2.00 bits per heavy atom. The summed E-state index contributed by atoms with van der Waals surface area (Å²) in [7, 11) is 0. The van der Waals surface area contributed by atoms with Gasteiger partial charge in [-0.3, -0.25) is 5.10 Å². The van der Waals surface area contributed by atoms with Gasteiger partial charge in [0, 0.05) is 24.1 Å². The maximum atomic E-state index is 5.87. The zero-order valence-corrected chi connectivity index (χ0v) is 13.9. The van der Waals surface area contributed by atoms with Crippen LogP contribution >= 0.6 is 0 Å². The fraction of sp³-hybridized carbons (Fsp3) is 0.105. The minimum Gasteiger partial charge on any atom is -0.489 e. The molecule has 4 aromatic rings. The van der Waals surface area contributed by atoms with Crippen LogP contribution in [0, 0.1) is 0 Å². The lowest BCUT2D eigenvalue weighted by molar-refractivity contribution is 0.314. The van der Waals surface area contributed by atoms with Crippen LogP contribution < -0.4 is 15.0 Å². The Kier molecular flexibility index (Phi) is 3.41. The molecule has 128 valence electrons. The number of nitrogens with zero attached hydrogens (tertiary/aromatic N) is 4. The van der Waals surface area contributed by atoms with Crippen molar-refractivity contribution in [3.8, 4) is 5.75 Å². The van der Waals surface area contributed by atoms with E-state index in [2.05, 4.69) is 30.4 Å². The first kappa shape index (κ1) is 14.7. The molecule has 0 amide bonds. The number of hydrogen-bond donors (Lipinski definition) is 2. The Morgan fingerprint density at radius 3 is 2.92 bits per heavy atom. The summed E-state index contributed by atoms with van der Waals surface area (Å²) in [5, 5.41) is 11.5. The molecule has 0 unspecified atom stereocenters. The highest BCUT2D eigenvalue weighted by Gasteiger charge is 2.20. The highest BCUT2D eigenvalue weighted by Crippen LogP contribution is 2.38. The van der Waals surface area contributed by atoms with Gasteiger partial charge in [0.1, 0.15) is 24.0 Å². The van der Waals surface area contributed by atoms with Gasteiger partial charge >= 0.3 is 0 Å². The lowest BCUT2D eigenvalue weighted by atomic mass is 10.2. The van der Waals surface area contributed by atoms with E-state index in [0.717, 1.165) is 40.7 Å². The van der Waals surface area contributed by atoms with Gasteiger partial charge in [-0.15, -0.1) is 0 Å². The molecule has 2 N–H and O–H groups in total. The summed E-state index contributed by atoms with van der Waals surface area (Å²) in [5.74, 6) is 2.56. The minimum atomic E-state index is 0.615. The van der Waals surface area contributed by atoms with E-state index in [0.29, 0.717) is 12.3 Å². The van der Waals surface area contributed by atoms with Gasteiger partial charge in [0.15, 0.2) is 5.65 Å². The van der Waals surface area contributed by atoms with Gasteiger partial charge in [0.05, 0.1) is 17.6 Å². The lowest BCUT2D eigenvalue weighted by Crippen LogP contribution is -2.29. The number of fused-ring (bicyclic) bond motifs is 2. The second-order valence-electron chi connectivity index (χ2n) is 5.97. The molecule has 4 heterocycles. The summed E-state index contributed by atoms with van der Waals surface area (Å²) in [4.78, 5) is 10.9. The predicted molar refractivity (Wildman–Crippen MR) is 100 cm³/mol. The molecule has 26 heavy (non-hydrogen) atoms. The molecule has 3 aromatic heterocycles. The third-order valence-corrected chi connectivity index (χ3v) is 4.35. The van der Waals surface area contributed by atoms with Crippen molar-refractivity contribution in [2.45, 2.75) is 0 Å². The summed E-state index contributed by atoms with van der Waals surface area (Å²) in [6.07, 6.45) is 3.53. The number of aromatic nitrogens is 4. The molecule has 0 saturated carbocycles. The fourth-order valence-electron chi connectivity index (χ4n) is 3.14. The Morgan fingerprint density at radius 1 is 1.04 bits per heavy atom. The number of aromatic amines is 1. The van der Waals surface area contributed by atoms with Crippen molar-refractivity contribution in [3.63, 3.8) is 0 Å². The van der Waals surface area contributed by atoms with Gasteiger partial charge in [-0.05, 0) is 36.4 Å². The standard InChI is InChI=1S/C19H16N6O/c1-2-8-20-17(5-1)25-10-11-26-16-12-13(6-7-15(16)25)22-19-14-4-3-9-21-18(14)23-24-19/h1-9,12H,10-11H2,(H2,21,22,23,24). The summed E-state index contributed by atoms with van der Waals surface area (Å²) >= 11 is 0. The van der Waals surface area contributed by atoms with Gasteiger partial charge in [0.25, 0.3) is 0 Å². The maximum absolute atomic E-state index is 5.87. The highest BCUT2D eigenvalue weighted by molar-refractivity contribution is 5.89. The normalized spacial score (nSPS) is 13.3. The molecule has 0 atom stereocenters. The molecular weight excluding hydrogens is 328 g/mol. The van der Waals surface area contributed by atoms with Gasteiger partial charge in [-0.2, -0.15) is 5.10 Å². The molecule has 0 radical (unpaired) electrons. The number of rotatable bonds is 3. The average molecular weight is 344 g/mol. The first-order valence-corrected chi connectivity index (χ1v) is 8.40. The molecule has 0 spiro atoms.